The van der Waals surface area contributed by atoms with Crippen LogP contribution < -0.4 is 5.43 Å². The van der Waals surface area contributed by atoms with E-state index in [-0.39, 0.29) is 16.6 Å². The number of ether oxygens (including phenoxy) is 1. The molecule has 0 spiro atoms. The van der Waals surface area contributed by atoms with Crippen molar-refractivity contribution in [3.63, 3.8) is 0 Å². The Morgan fingerprint density at radius 1 is 1.61 bits per heavy atom. The van der Waals surface area contributed by atoms with Gasteiger partial charge >= 0.3 is 5.97 Å². The highest BCUT2D eigenvalue weighted by molar-refractivity contribution is 8.83. The second kappa shape index (κ2) is 6.26. The van der Waals surface area contributed by atoms with Crippen molar-refractivity contribution < 1.29 is 14.3 Å². The number of hydrogen-bond acceptors (Lipinski definition) is 7. The van der Waals surface area contributed by atoms with E-state index >= 15 is 0 Å². The van der Waals surface area contributed by atoms with E-state index < -0.39 is 5.97 Å². The fourth-order valence-electron chi connectivity index (χ4n) is 1.48. The highest BCUT2D eigenvalue weighted by Gasteiger charge is 2.26. The second-order valence-electron chi connectivity index (χ2n) is 3.54. The van der Waals surface area contributed by atoms with Gasteiger partial charge in [0.2, 0.25) is 0 Å². The van der Waals surface area contributed by atoms with Crippen LogP contribution in [0.25, 0.3) is 0 Å². The molecule has 0 aromatic carbocycles. The molecule has 0 aromatic rings. The normalized spacial score (nSPS) is 19.3. The molecule has 2 rings (SSSR count). The molecule has 0 aromatic heterocycles. The van der Waals surface area contributed by atoms with E-state index in [0.29, 0.717) is 13.2 Å². The van der Waals surface area contributed by atoms with Gasteiger partial charge in [0, 0.05) is 18.5 Å². The standard InChI is InChI=1S/C10H13N3O3S2/c1-2-16-10(15)8-12-7(6-17-18-8)9(14)13-5-3-4-11-13/h6,11H,2-5H2,1H3. The predicted molar refractivity (Wildman–Crippen MR) is 71.7 cm³/mol. The number of carbonyl (C=O) groups is 2. The molecule has 0 aliphatic carbocycles. The lowest BCUT2D eigenvalue weighted by Gasteiger charge is -2.17. The molecule has 1 saturated heterocycles. The van der Waals surface area contributed by atoms with Gasteiger partial charge in [-0.1, -0.05) is 10.8 Å². The number of aliphatic imine (C=N–C) groups is 1. The van der Waals surface area contributed by atoms with Crippen LogP contribution >= 0.6 is 21.6 Å². The summed E-state index contributed by atoms with van der Waals surface area (Å²) < 4.78 is 4.86. The van der Waals surface area contributed by atoms with E-state index in [0.717, 1.165) is 13.0 Å². The Morgan fingerprint density at radius 2 is 2.44 bits per heavy atom. The zero-order valence-electron chi connectivity index (χ0n) is 9.84. The van der Waals surface area contributed by atoms with Crippen LogP contribution in [0, 0.1) is 0 Å². The number of hydrazine groups is 1. The van der Waals surface area contributed by atoms with Gasteiger partial charge in [-0.05, 0) is 24.1 Å². The Bertz CT molecular complexity index is 417. The molecule has 1 fully saturated rings. The first-order valence-corrected chi connectivity index (χ1v) is 7.78. The molecule has 18 heavy (non-hydrogen) atoms. The summed E-state index contributed by atoms with van der Waals surface area (Å²) in [6.45, 7) is 3.48. The molecule has 1 N–H and O–H groups in total. The van der Waals surface area contributed by atoms with E-state index in [9.17, 15) is 9.59 Å². The van der Waals surface area contributed by atoms with Crippen molar-refractivity contribution in [2.75, 3.05) is 19.7 Å². The van der Waals surface area contributed by atoms with Crippen LogP contribution in [0.5, 0.6) is 0 Å². The molecule has 1 amide bonds. The molecule has 0 bridgehead atoms. The van der Waals surface area contributed by atoms with Gasteiger partial charge in [-0.2, -0.15) is 0 Å². The van der Waals surface area contributed by atoms with Crippen LogP contribution in [0.15, 0.2) is 16.1 Å². The molecule has 6 nitrogen and oxygen atoms in total. The summed E-state index contributed by atoms with van der Waals surface area (Å²) in [5.74, 6) is -0.690. The Hall–Kier alpha value is -0.990. The monoisotopic (exact) mass is 287 g/mol. The highest BCUT2D eigenvalue weighted by Crippen LogP contribution is 2.32. The summed E-state index contributed by atoms with van der Waals surface area (Å²) in [5, 5.41) is 3.39. The molecule has 0 saturated carbocycles. The van der Waals surface area contributed by atoms with Crippen LogP contribution in [0.1, 0.15) is 13.3 Å². The lowest BCUT2D eigenvalue weighted by molar-refractivity contribution is -0.134. The largest absolute Gasteiger partial charge is 0.461 e. The third-order valence-electron chi connectivity index (χ3n) is 2.28. The van der Waals surface area contributed by atoms with E-state index in [1.807, 2.05) is 0 Å². The first kappa shape index (κ1) is 13.4. The quantitative estimate of drug-likeness (QED) is 0.615. The number of rotatable bonds is 3. The van der Waals surface area contributed by atoms with Crippen LogP contribution in [0.2, 0.25) is 0 Å². The van der Waals surface area contributed by atoms with Gasteiger partial charge in [-0.15, -0.1) is 0 Å². The molecule has 2 heterocycles. The van der Waals surface area contributed by atoms with Gasteiger partial charge in [-0.25, -0.2) is 15.2 Å². The maximum absolute atomic E-state index is 12.0. The highest BCUT2D eigenvalue weighted by atomic mass is 33.1. The lowest BCUT2D eigenvalue weighted by atomic mass is 10.4. The van der Waals surface area contributed by atoms with Crippen molar-refractivity contribution in [1.82, 2.24) is 10.4 Å². The fourth-order valence-corrected chi connectivity index (χ4v) is 3.14. The molecular weight excluding hydrogens is 274 g/mol. The molecular formula is C10H13N3O3S2. The van der Waals surface area contributed by atoms with Crippen molar-refractivity contribution in [1.29, 1.82) is 0 Å². The fraction of sp³-hybridized carbons (Fsp3) is 0.500. The first-order chi connectivity index (χ1) is 8.72. The molecule has 0 atom stereocenters. The Balaban J connectivity index is 2.06. The minimum absolute atomic E-state index is 0.206. The summed E-state index contributed by atoms with van der Waals surface area (Å²) >= 11 is 0. The van der Waals surface area contributed by atoms with Crippen molar-refractivity contribution >= 4 is 38.5 Å². The summed E-state index contributed by atoms with van der Waals surface area (Å²) in [6.07, 6.45) is 0.926. The van der Waals surface area contributed by atoms with E-state index in [4.69, 9.17) is 4.74 Å². The Labute approximate surface area is 113 Å². The van der Waals surface area contributed by atoms with Gasteiger partial charge in [0.25, 0.3) is 5.91 Å². The predicted octanol–water partition coefficient (Wildman–Crippen LogP) is 0.921. The van der Waals surface area contributed by atoms with Gasteiger partial charge < -0.3 is 4.74 Å². The minimum Gasteiger partial charge on any atom is -0.461 e. The number of amides is 1. The number of nitrogens with one attached hydrogen (secondary N) is 1. The number of carbonyl (C=O) groups excluding carboxylic acids is 2. The van der Waals surface area contributed by atoms with Gasteiger partial charge in [0.15, 0.2) is 5.04 Å². The van der Waals surface area contributed by atoms with Gasteiger partial charge in [-0.3, -0.25) is 9.80 Å². The van der Waals surface area contributed by atoms with E-state index in [2.05, 4.69) is 10.4 Å². The maximum Gasteiger partial charge on any atom is 0.364 e. The first-order valence-electron chi connectivity index (χ1n) is 5.57. The van der Waals surface area contributed by atoms with Crippen LogP contribution in [0.3, 0.4) is 0 Å². The number of esters is 1. The molecule has 0 radical (unpaired) electrons. The van der Waals surface area contributed by atoms with Crippen molar-refractivity contribution in [3.05, 3.63) is 11.1 Å². The zero-order chi connectivity index (χ0) is 13.0. The van der Waals surface area contributed by atoms with Gasteiger partial charge in [0.1, 0.15) is 5.70 Å². The SMILES string of the molecule is CCOC(=O)C1=NC(C(=O)N2CCCN2)=CSS1. The minimum atomic E-state index is -0.484. The van der Waals surface area contributed by atoms with Crippen molar-refractivity contribution in [2.24, 2.45) is 4.99 Å². The molecule has 2 aliphatic rings. The lowest BCUT2D eigenvalue weighted by Crippen LogP contribution is -2.37. The Morgan fingerprint density at radius 3 is 3.11 bits per heavy atom. The van der Waals surface area contributed by atoms with Gasteiger partial charge in [0.05, 0.1) is 6.61 Å². The molecule has 2 aliphatic heterocycles. The summed E-state index contributed by atoms with van der Waals surface area (Å²) in [4.78, 5) is 27.6. The van der Waals surface area contributed by atoms with Crippen LogP contribution in [-0.2, 0) is 14.3 Å². The summed E-state index contributed by atoms with van der Waals surface area (Å²) in [7, 11) is 2.50. The zero-order valence-corrected chi connectivity index (χ0v) is 11.5. The topological polar surface area (TPSA) is 71.0 Å². The Kier molecular flexibility index (Phi) is 4.67. The third kappa shape index (κ3) is 3.06. The smallest absolute Gasteiger partial charge is 0.364 e. The summed E-state index contributed by atoms with van der Waals surface area (Å²) in [5.41, 5.74) is 3.24. The van der Waals surface area contributed by atoms with Crippen LogP contribution in [-0.4, -0.2) is 41.6 Å². The average molecular weight is 287 g/mol. The van der Waals surface area contributed by atoms with Crippen LogP contribution in [0.4, 0.5) is 0 Å². The van der Waals surface area contributed by atoms with E-state index in [1.54, 1.807) is 12.3 Å². The molecule has 98 valence electrons. The molecule has 0 unspecified atom stereocenters. The third-order valence-corrected chi connectivity index (χ3v) is 4.17. The van der Waals surface area contributed by atoms with Crippen molar-refractivity contribution in [2.45, 2.75) is 13.3 Å². The number of hydrogen-bond donors (Lipinski definition) is 1. The van der Waals surface area contributed by atoms with E-state index in [1.165, 1.54) is 26.6 Å². The van der Waals surface area contributed by atoms with Crippen molar-refractivity contribution in [3.8, 4) is 0 Å². The average Bonchev–Trinajstić information content (AvgIpc) is 2.92. The maximum atomic E-state index is 12.0. The number of nitrogens with zero attached hydrogens (tertiary/aromatic N) is 2. The summed E-state index contributed by atoms with van der Waals surface area (Å²) in [6, 6.07) is 0. The second-order valence-corrected chi connectivity index (χ2v) is 5.60. The molecule has 8 heteroatoms.